The largest absolute Gasteiger partial charge is 0.329 e. The lowest BCUT2D eigenvalue weighted by atomic mass is 9.92. The van der Waals surface area contributed by atoms with Crippen LogP contribution in [-0.4, -0.2) is 69.9 Å². The topological polar surface area (TPSA) is 97.5 Å². The van der Waals surface area contributed by atoms with E-state index in [9.17, 15) is 16.8 Å². The van der Waals surface area contributed by atoms with Gasteiger partial charge in [0.15, 0.2) is 19.7 Å². The average Bonchev–Trinajstić information content (AvgIpc) is 2.67. The van der Waals surface area contributed by atoms with Gasteiger partial charge in [-0.2, -0.15) is 0 Å². The van der Waals surface area contributed by atoms with Crippen molar-refractivity contribution >= 4 is 19.7 Å². The molecule has 0 radical (unpaired) electrons. The Kier molecular flexibility index (Phi) is 3.99. The molecule has 0 aromatic rings. The van der Waals surface area contributed by atoms with Crippen LogP contribution in [0.2, 0.25) is 0 Å². The molecule has 19 heavy (non-hydrogen) atoms. The molecule has 0 bridgehead atoms. The summed E-state index contributed by atoms with van der Waals surface area (Å²) in [6.45, 7) is 0.249. The van der Waals surface area contributed by atoms with E-state index < -0.39 is 25.2 Å². The maximum atomic E-state index is 11.9. The van der Waals surface area contributed by atoms with Crippen LogP contribution in [-0.2, 0) is 19.7 Å². The van der Waals surface area contributed by atoms with E-state index in [0.29, 0.717) is 12.8 Å². The van der Waals surface area contributed by atoms with Gasteiger partial charge in [-0.05, 0) is 26.3 Å². The van der Waals surface area contributed by atoms with Gasteiger partial charge in [0.25, 0.3) is 0 Å². The van der Waals surface area contributed by atoms with Gasteiger partial charge in [-0.3, -0.25) is 4.90 Å². The molecule has 0 saturated carbocycles. The number of nitrogens with two attached hydrogens (primary N) is 1. The molecule has 0 amide bonds. The zero-order valence-electron chi connectivity index (χ0n) is 11.2. The molecule has 0 aromatic heterocycles. The fourth-order valence-corrected chi connectivity index (χ4v) is 7.01. The molecule has 2 N–H and O–H groups in total. The fourth-order valence-electron chi connectivity index (χ4n) is 3.23. The lowest BCUT2D eigenvalue weighted by Gasteiger charge is -2.46. The third-order valence-corrected chi connectivity index (χ3v) is 8.11. The zero-order valence-corrected chi connectivity index (χ0v) is 12.8. The minimum Gasteiger partial charge on any atom is -0.329 e. The molecule has 2 aliphatic rings. The first-order valence-electron chi connectivity index (χ1n) is 6.54. The van der Waals surface area contributed by atoms with Crippen LogP contribution in [0.15, 0.2) is 0 Å². The normalized spacial score (nSPS) is 37.5. The quantitative estimate of drug-likeness (QED) is 0.719. The summed E-state index contributed by atoms with van der Waals surface area (Å²) < 4.78 is 46.9. The lowest BCUT2D eigenvalue weighted by Crippen LogP contribution is -2.61. The highest BCUT2D eigenvalue weighted by atomic mass is 32.2. The Labute approximate surface area is 115 Å². The number of rotatable bonds is 3. The van der Waals surface area contributed by atoms with E-state index >= 15 is 0 Å². The highest BCUT2D eigenvalue weighted by Crippen LogP contribution is 2.31. The number of hydrogen-bond donors (Lipinski definition) is 1. The average molecular weight is 310 g/mol. The van der Waals surface area contributed by atoms with Crippen molar-refractivity contribution in [1.82, 2.24) is 4.90 Å². The van der Waals surface area contributed by atoms with Crippen LogP contribution in [0.4, 0.5) is 0 Å². The smallest absolute Gasteiger partial charge is 0.152 e. The molecule has 2 fully saturated rings. The second kappa shape index (κ2) is 4.98. The van der Waals surface area contributed by atoms with Crippen molar-refractivity contribution < 1.29 is 16.8 Å². The van der Waals surface area contributed by atoms with E-state index in [4.69, 9.17) is 5.73 Å². The first-order chi connectivity index (χ1) is 8.70. The van der Waals surface area contributed by atoms with Gasteiger partial charge in [-0.1, -0.05) is 0 Å². The molecule has 2 rings (SSSR count). The molecule has 112 valence electrons. The summed E-state index contributed by atoms with van der Waals surface area (Å²) in [5.41, 5.74) is 5.24. The molecule has 2 saturated heterocycles. The third-order valence-electron chi connectivity index (χ3n) is 4.47. The van der Waals surface area contributed by atoms with Crippen molar-refractivity contribution in [2.24, 2.45) is 5.73 Å². The van der Waals surface area contributed by atoms with Gasteiger partial charge in [-0.25, -0.2) is 16.8 Å². The van der Waals surface area contributed by atoms with Crippen LogP contribution in [0.25, 0.3) is 0 Å². The molecule has 8 heteroatoms. The van der Waals surface area contributed by atoms with Crippen LogP contribution in [0.3, 0.4) is 0 Å². The molecule has 0 spiro atoms. The summed E-state index contributed by atoms with van der Waals surface area (Å²) in [7, 11) is -4.23. The SMILES string of the molecule is CN(C1CCS(=O)(=O)C1)C1(CN)CCCS(=O)(=O)C1. The van der Waals surface area contributed by atoms with Crippen LogP contribution in [0.1, 0.15) is 19.3 Å². The highest BCUT2D eigenvalue weighted by Gasteiger charge is 2.45. The van der Waals surface area contributed by atoms with Gasteiger partial charge in [0, 0.05) is 18.1 Å². The number of nitrogens with zero attached hydrogens (tertiary/aromatic N) is 1. The molecular weight excluding hydrogens is 288 g/mol. The van der Waals surface area contributed by atoms with Gasteiger partial charge in [0.2, 0.25) is 0 Å². The minimum atomic E-state index is -3.08. The standard InChI is InChI=1S/C11H22N2O4S2/c1-13(10-3-6-18(14,15)7-10)11(8-12)4-2-5-19(16,17)9-11/h10H,2-9,12H2,1H3. The fraction of sp³-hybridized carbons (Fsp3) is 1.00. The van der Waals surface area contributed by atoms with Crippen molar-refractivity contribution in [1.29, 1.82) is 0 Å². The summed E-state index contributed by atoms with van der Waals surface area (Å²) in [6.07, 6.45) is 1.89. The van der Waals surface area contributed by atoms with E-state index in [1.54, 1.807) is 0 Å². The third kappa shape index (κ3) is 3.12. The Morgan fingerprint density at radius 3 is 2.37 bits per heavy atom. The number of likely N-dealkylation sites (N-methyl/N-ethyl adjacent to an activating group) is 1. The van der Waals surface area contributed by atoms with Crippen molar-refractivity contribution in [3.8, 4) is 0 Å². The molecule has 2 atom stereocenters. The summed E-state index contributed by atoms with van der Waals surface area (Å²) in [4.78, 5) is 1.92. The first-order valence-corrected chi connectivity index (χ1v) is 10.2. The highest BCUT2D eigenvalue weighted by molar-refractivity contribution is 7.91. The maximum absolute atomic E-state index is 11.9. The lowest BCUT2D eigenvalue weighted by molar-refractivity contribution is 0.0934. The van der Waals surface area contributed by atoms with E-state index in [1.165, 1.54) is 0 Å². The zero-order chi connectivity index (χ0) is 14.3. The summed E-state index contributed by atoms with van der Waals surface area (Å²) >= 11 is 0. The molecular formula is C11H22N2O4S2. The molecule has 2 heterocycles. The molecule has 0 aliphatic carbocycles. The van der Waals surface area contributed by atoms with Crippen molar-refractivity contribution in [2.45, 2.75) is 30.8 Å². The summed E-state index contributed by atoms with van der Waals surface area (Å²) in [6, 6.07) is -0.109. The predicted molar refractivity (Wildman–Crippen MR) is 74.5 cm³/mol. The van der Waals surface area contributed by atoms with E-state index in [1.807, 2.05) is 11.9 Å². The van der Waals surface area contributed by atoms with Crippen molar-refractivity contribution in [3.05, 3.63) is 0 Å². The first kappa shape index (κ1) is 15.2. The Morgan fingerprint density at radius 1 is 1.21 bits per heavy atom. The molecule has 6 nitrogen and oxygen atoms in total. The second-order valence-electron chi connectivity index (χ2n) is 5.79. The number of sulfone groups is 2. The molecule has 0 aromatic carbocycles. The summed E-state index contributed by atoms with van der Waals surface area (Å²) in [5, 5.41) is 0. The maximum Gasteiger partial charge on any atom is 0.152 e. The van der Waals surface area contributed by atoms with Crippen molar-refractivity contribution in [3.63, 3.8) is 0 Å². The van der Waals surface area contributed by atoms with Crippen LogP contribution < -0.4 is 5.73 Å². The van der Waals surface area contributed by atoms with Crippen LogP contribution >= 0.6 is 0 Å². The van der Waals surface area contributed by atoms with Gasteiger partial charge in [-0.15, -0.1) is 0 Å². The molecule has 2 unspecified atom stereocenters. The van der Waals surface area contributed by atoms with Gasteiger partial charge < -0.3 is 5.73 Å². The van der Waals surface area contributed by atoms with Crippen LogP contribution in [0, 0.1) is 0 Å². The molecule has 2 aliphatic heterocycles. The van der Waals surface area contributed by atoms with E-state index in [-0.39, 0.29) is 35.6 Å². The van der Waals surface area contributed by atoms with Gasteiger partial charge in [0.1, 0.15) is 0 Å². The number of hydrogen-bond acceptors (Lipinski definition) is 6. The summed E-state index contributed by atoms with van der Waals surface area (Å²) in [5.74, 6) is 0.565. The van der Waals surface area contributed by atoms with Crippen LogP contribution in [0.5, 0.6) is 0 Å². The Balaban J connectivity index is 2.22. The van der Waals surface area contributed by atoms with Gasteiger partial charge in [0.05, 0.1) is 23.0 Å². The Hall–Kier alpha value is -0.180. The van der Waals surface area contributed by atoms with Gasteiger partial charge >= 0.3 is 0 Å². The minimum absolute atomic E-state index is 0.0452. The van der Waals surface area contributed by atoms with E-state index in [0.717, 1.165) is 6.42 Å². The second-order valence-corrected chi connectivity index (χ2v) is 10.2. The Morgan fingerprint density at radius 2 is 1.89 bits per heavy atom. The van der Waals surface area contributed by atoms with E-state index in [2.05, 4.69) is 0 Å². The predicted octanol–water partition coefficient (Wildman–Crippen LogP) is -0.989. The Bertz CT molecular complexity index is 543. The van der Waals surface area contributed by atoms with Crippen molar-refractivity contribution in [2.75, 3.05) is 36.6 Å². The monoisotopic (exact) mass is 310 g/mol.